The molecule has 0 bridgehead atoms. The SMILES string of the molecule is CNC(=O)C(=O)C(CCC(F)(F)F)NC(=O)[C@@H]1[C@@H]2[C@H](CN1C(=O)[C@@H](NC(=O)N[C@H](C(=O)C1CC1)C1CCCCC1)C(C)(C)C)C2(C)C. The van der Waals surface area contributed by atoms with Gasteiger partial charge in [-0.15, -0.1) is 0 Å². The number of urea groups is 1. The Bertz CT molecular complexity index is 1250. The number of fused-ring (bicyclic) bond motifs is 1. The Morgan fingerprint density at radius 3 is 2.04 bits per heavy atom. The Morgan fingerprint density at radius 1 is 0.894 bits per heavy atom. The number of piperidine rings is 1. The van der Waals surface area contributed by atoms with E-state index in [1.807, 2.05) is 13.8 Å². The zero-order chi connectivity index (χ0) is 35.1. The standard InChI is InChI=1S/C33H50F3N5O6/c1-31(2,3)26(40-30(47)39-22(24(42)18-12-13-18)17-10-8-7-9-11-17)29(46)41-16-19-21(32(19,4)5)23(41)27(44)38-20(14-15-33(34,35)36)25(43)28(45)37-6/h17-23,26H,7-16H2,1-6H3,(H,37,45)(H,38,44)(H2,39,40,47)/t19-,20?,21-,22-,23-,26+/m0/s1. The smallest absolute Gasteiger partial charge is 0.353 e. The summed E-state index contributed by atoms with van der Waals surface area (Å²) in [5.41, 5.74) is -1.19. The summed E-state index contributed by atoms with van der Waals surface area (Å²) in [7, 11) is 1.16. The highest BCUT2D eigenvalue weighted by atomic mass is 19.4. The average Bonchev–Trinajstić information content (AvgIpc) is 3.88. The molecule has 0 aromatic heterocycles. The highest BCUT2D eigenvalue weighted by Gasteiger charge is 2.70. The maximum absolute atomic E-state index is 14.2. The van der Waals surface area contributed by atoms with Crippen molar-refractivity contribution >= 4 is 35.3 Å². The van der Waals surface area contributed by atoms with Gasteiger partial charge in [-0.2, -0.15) is 13.2 Å². The van der Waals surface area contributed by atoms with Crippen molar-refractivity contribution in [2.24, 2.45) is 34.5 Å². The number of rotatable bonds is 12. The summed E-state index contributed by atoms with van der Waals surface area (Å²) in [4.78, 5) is 80.8. The van der Waals surface area contributed by atoms with E-state index in [1.54, 1.807) is 20.8 Å². The van der Waals surface area contributed by atoms with Crippen LogP contribution < -0.4 is 21.3 Å². The second-order valence-electron chi connectivity index (χ2n) is 15.5. The number of Topliss-reactive ketones (excluding diaryl/α,β-unsaturated/α-hetero) is 2. The zero-order valence-corrected chi connectivity index (χ0v) is 28.2. The highest BCUT2D eigenvalue weighted by molar-refractivity contribution is 6.38. The predicted molar refractivity (Wildman–Crippen MR) is 166 cm³/mol. The number of alkyl halides is 3. The Morgan fingerprint density at radius 2 is 1.51 bits per heavy atom. The molecule has 4 N–H and O–H groups in total. The largest absolute Gasteiger partial charge is 0.389 e. The first-order valence-corrected chi connectivity index (χ1v) is 16.8. The summed E-state index contributed by atoms with van der Waals surface area (Å²) in [6, 6.07) is -5.30. The molecule has 11 nitrogen and oxygen atoms in total. The number of nitrogens with one attached hydrogen (secondary N) is 4. The van der Waals surface area contributed by atoms with Crippen LogP contribution in [-0.4, -0.2) is 84.2 Å². The highest BCUT2D eigenvalue weighted by Crippen LogP contribution is 2.65. The van der Waals surface area contributed by atoms with E-state index >= 15 is 0 Å². The lowest BCUT2D eigenvalue weighted by Gasteiger charge is -2.38. The lowest BCUT2D eigenvalue weighted by Crippen LogP contribution is -2.62. The van der Waals surface area contributed by atoms with E-state index in [0.29, 0.717) is 0 Å². The van der Waals surface area contributed by atoms with Crippen molar-refractivity contribution in [3.05, 3.63) is 0 Å². The third kappa shape index (κ3) is 8.46. The molecule has 4 fully saturated rings. The van der Waals surface area contributed by atoms with Crippen LogP contribution in [0.25, 0.3) is 0 Å². The predicted octanol–water partition coefficient (Wildman–Crippen LogP) is 3.25. The number of halogens is 3. The number of nitrogens with zero attached hydrogens (tertiary/aromatic N) is 1. The van der Waals surface area contributed by atoms with Crippen molar-refractivity contribution in [2.45, 2.75) is 123 Å². The Labute approximate surface area is 274 Å². The minimum atomic E-state index is -4.63. The van der Waals surface area contributed by atoms with E-state index in [0.717, 1.165) is 52.0 Å². The number of likely N-dealkylation sites (N-methyl/N-ethyl adjacent to an activating group) is 1. The van der Waals surface area contributed by atoms with Gasteiger partial charge < -0.3 is 26.2 Å². The van der Waals surface area contributed by atoms with Gasteiger partial charge >= 0.3 is 12.2 Å². The number of carbonyl (C=O) groups is 6. The van der Waals surface area contributed by atoms with E-state index in [-0.39, 0.29) is 41.4 Å². The Kier molecular flexibility index (Phi) is 10.7. The van der Waals surface area contributed by atoms with Gasteiger partial charge in [0.15, 0.2) is 5.78 Å². The van der Waals surface area contributed by atoms with Crippen LogP contribution in [0.3, 0.4) is 0 Å². The van der Waals surface area contributed by atoms with Crippen molar-refractivity contribution in [1.29, 1.82) is 0 Å². The van der Waals surface area contributed by atoms with Gasteiger partial charge in [0.05, 0.1) is 12.1 Å². The monoisotopic (exact) mass is 669 g/mol. The molecule has 3 aliphatic carbocycles. The second-order valence-corrected chi connectivity index (χ2v) is 15.5. The zero-order valence-electron chi connectivity index (χ0n) is 28.2. The van der Waals surface area contributed by atoms with E-state index < -0.39 is 78.1 Å². The fraction of sp³-hybridized carbons (Fsp3) is 0.818. The lowest BCUT2D eigenvalue weighted by molar-refractivity contribution is -0.148. The van der Waals surface area contributed by atoms with Gasteiger partial charge in [0.2, 0.25) is 17.6 Å². The molecule has 4 rings (SSSR count). The van der Waals surface area contributed by atoms with Gasteiger partial charge in [-0.25, -0.2) is 4.79 Å². The van der Waals surface area contributed by atoms with Crippen LogP contribution in [0, 0.1) is 34.5 Å². The molecule has 0 aromatic carbocycles. The van der Waals surface area contributed by atoms with E-state index in [1.165, 1.54) is 4.90 Å². The third-order valence-corrected chi connectivity index (χ3v) is 10.6. The first kappa shape index (κ1) is 36.6. The molecule has 1 aliphatic heterocycles. The van der Waals surface area contributed by atoms with E-state index in [4.69, 9.17) is 0 Å². The van der Waals surface area contributed by atoms with Crippen molar-refractivity contribution in [2.75, 3.05) is 13.6 Å². The molecule has 0 aromatic rings. The van der Waals surface area contributed by atoms with Crippen molar-refractivity contribution in [3.63, 3.8) is 0 Å². The van der Waals surface area contributed by atoms with Crippen molar-refractivity contribution in [3.8, 4) is 0 Å². The first-order valence-electron chi connectivity index (χ1n) is 16.8. The van der Waals surface area contributed by atoms with E-state index in [9.17, 15) is 41.9 Å². The molecule has 47 heavy (non-hydrogen) atoms. The first-order chi connectivity index (χ1) is 21.8. The van der Waals surface area contributed by atoms with Crippen LogP contribution in [0.4, 0.5) is 18.0 Å². The summed E-state index contributed by atoms with van der Waals surface area (Å²) in [6.45, 7) is 9.30. The maximum atomic E-state index is 14.2. The van der Waals surface area contributed by atoms with Crippen LogP contribution >= 0.6 is 0 Å². The third-order valence-electron chi connectivity index (χ3n) is 10.6. The molecule has 1 unspecified atom stereocenters. The molecule has 3 saturated carbocycles. The lowest BCUT2D eigenvalue weighted by atomic mass is 9.81. The number of hydrogen-bond acceptors (Lipinski definition) is 6. The molecule has 0 spiro atoms. The molecule has 1 heterocycles. The average molecular weight is 670 g/mol. The van der Waals surface area contributed by atoms with Gasteiger partial charge in [-0.05, 0) is 60.7 Å². The Balaban J connectivity index is 1.53. The number of carbonyl (C=O) groups excluding carboxylic acids is 6. The number of hydrogen-bond donors (Lipinski definition) is 4. The molecule has 4 aliphatic rings. The van der Waals surface area contributed by atoms with Crippen molar-refractivity contribution in [1.82, 2.24) is 26.2 Å². The molecule has 6 atom stereocenters. The summed E-state index contributed by atoms with van der Waals surface area (Å²) in [5, 5.41) is 10.1. The van der Waals surface area contributed by atoms with Crippen LogP contribution in [0.5, 0.6) is 0 Å². The van der Waals surface area contributed by atoms with Crippen LogP contribution in [0.2, 0.25) is 0 Å². The topological polar surface area (TPSA) is 154 Å². The maximum Gasteiger partial charge on any atom is 0.389 e. The van der Waals surface area contributed by atoms with Crippen LogP contribution in [0.1, 0.15) is 92.4 Å². The summed E-state index contributed by atoms with van der Waals surface area (Å²) in [6.07, 6.45) is -0.551. The molecule has 0 radical (unpaired) electrons. The van der Waals surface area contributed by atoms with Crippen LogP contribution in [-0.2, 0) is 24.0 Å². The number of amides is 5. The van der Waals surface area contributed by atoms with Gasteiger partial charge in [-0.3, -0.25) is 24.0 Å². The van der Waals surface area contributed by atoms with Crippen LogP contribution in [0.15, 0.2) is 0 Å². The summed E-state index contributed by atoms with van der Waals surface area (Å²) in [5.74, 6) is -4.18. The number of likely N-dealkylation sites (tertiary alicyclic amines) is 1. The molecular formula is C33H50F3N5O6. The fourth-order valence-electron chi connectivity index (χ4n) is 7.57. The van der Waals surface area contributed by atoms with Gasteiger partial charge in [-0.1, -0.05) is 53.9 Å². The minimum absolute atomic E-state index is 0.0233. The van der Waals surface area contributed by atoms with Gasteiger partial charge in [0.25, 0.3) is 5.91 Å². The summed E-state index contributed by atoms with van der Waals surface area (Å²) < 4.78 is 39.2. The van der Waals surface area contributed by atoms with Crippen molar-refractivity contribution < 1.29 is 41.9 Å². The Hall–Kier alpha value is -3.19. The van der Waals surface area contributed by atoms with Gasteiger partial charge in [0.1, 0.15) is 12.1 Å². The molecule has 5 amide bonds. The molecule has 14 heteroatoms. The minimum Gasteiger partial charge on any atom is -0.353 e. The molecule has 1 saturated heterocycles. The van der Waals surface area contributed by atoms with E-state index in [2.05, 4.69) is 21.3 Å². The summed E-state index contributed by atoms with van der Waals surface area (Å²) >= 11 is 0. The fourth-order valence-corrected chi connectivity index (χ4v) is 7.57. The molecule has 264 valence electrons. The second kappa shape index (κ2) is 13.7. The molecular weight excluding hydrogens is 619 g/mol. The normalized spacial score (nSPS) is 25.9. The quantitative estimate of drug-likeness (QED) is 0.234. The number of ketones is 2. The van der Waals surface area contributed by atoms with Gasteiger partial charge in [0, 0.05) is 25.9 Å².